The molecule has 0 unspecified atom stereocenters. The second-order valence-corrected chi connectivity index (χ2v) is 4.02. The summed E-state index contributed by atoms with van der Waals surface area (Å²) in [6.45, 7) is 0. The van der Waals surface area contributed by atoms with E-state index in [2.05, 4.69) is 0 Å². The van der Waals surface area contributed by atoms with Crippen LogP contribution in [-0.2, 0) is 18.9 Å². The van der Waals surface area contributed by atoms with E-state index in [9.17, 15) is 14.4 Å². The monoisotopic (exact) mass is 350 g/mol. The quantitative estimate of drug-likeness (QED) is 0.205. The molecule has 0 amide bonds. The summed E-state index contributed by atoms with van der Waals surface area (Å²) >= 11 is 0. The zero-order valence-electron chi connectivity index (χ0n) is 9.03. The summed E-state index contributed by atoms with van der Waals surface area (Å²) in [7, 11) is -4.64. The number of halogens is 1. The fraction of sp³-hybridized carbons (Fsp3) is 0.500. The Morgan fingerprint density at radius 1 is 0.900 bits per heavy atom. The van der Waals surface area contributed by atoms with Crippen LogP contribution >= 0.6 is 20.2 Å². The van der Waals surface area contributed by atoms with Crippen molar-refractivity contribution in [3.05, 3.63) is 0 Å². The Morgan fingerprint density at radius 2 is 1.10 bits per heavy atom. The number of carbonyl (C=O) groups is 3. The molecule has 0 aromatic heterocycles. The average Bonchev–Trinajstić information content (AvgIpc) is 1.95. The minimum absolute atomic E-state index is 0. The number of hydrogen-bond donors (Lipinski definition) is 7. The summed E-state index contributed by atoms with van der Waals surface area (Å²) < 4.78 is 8.88. The van der Waals surface area contributed by atoms with Crippen molar-refractivity contribution < 1.29 is 54.1 Å². The predicted molar refractivity (Wildman–Crippen MR) is 65.8 cm³/mol. The van der Waals surface area contributed by atoms with Crippen molar-refractivity contribution in [2.24, 2.45) is 0 Å². The van der Waals surface area contributed by atoms with Gasteiger partial charge in [0.25, 0.3) is 0 Å². The number of carboxylic acids is 3. The van der Waals surface area contributed by atoms with Crippen LogP contribution in [0.25, 0.3) is 0 Å². The topological polar surface area (TPSA) is 210 Å². The molecule has 14 heteroatoms. The Bertz CT molecular complexity index is 355. The van der Waals surface area contributed by atoms with E-state index in [1.807, 2.05) is 0 Å². The van der Waals surface area contributed by atoms with Crippen LogP contribution in [0.15, 0.2) is 0 Å². The molecule has 0 aliphatic rings. The zero-order chi connectivity index (χ0) is 15.1. The van der Waals surface area contributed by atoms with Gasteiger partial charge in [0, 0.05) is 0 Å². The van der Waals surface area contributed by atoms with E-state index in [0.717, 1.165) is 0 Å². The fourth-order valence-corrected chi connectivity index (χ4v) is 0.714. The van der Waals surface area contributed by atoms with Gasteiger partial charge in [0.05, 0.1) is 12.8 Å². The Kier molecular flexibility index (Phi) is 16.0. The first kappa shape index (κ1) is 28.0. The van der Waals surface area contributed by atoms with E-state index in [4.69, 9.17) is 39.7 Å². The molecule has 0 atom stereocenters. The summed E-state index contributed by atoms with van der Waals surface area (Å²) in [5.41, 5.74) is -2.74. The molecule has 0 saturated carbocycles. The van der Waals surface area contributed by atoms with E-state index >= 15 is 0 Å². The Morgan fingerprint density at radius 3 is 1.20 bits per heavy atom. The normalized spacial score (nSPS) is 10.0. The molecule has 20 heavy (non-hydrogen) atoms. The van der Waals surface area contributed by atoms with Crippen LogP contribution < -0.4 is 0 Å². The molecule has 7 N–H and O–H groups in total. The van der Waals surface area contributed by atoms with E-state index in [-0.39, 0.29) is 42.0 Å². The van der Waals surface area contributed by atoms with Crippen molar-refractivity contribution in [3.63, 3.8) is 0 Å². The van der Waals surface area contributed by atoms with Gasteiger partial charge in [-0.2, -0.15) is 0 Å². The molecule has 0 heterocycles. The summed E-state index contributed by atoms with van der Waals surface area (Å²) in [4.78, 5) is 52.0. The molecule has 0 aliphatic carbocycles. The Labute approximate surface area is 140 Å². The molecule has 0 aliphatic heterocycles. The van der Waals surface area contributed by atoms with Crippen molar-refractivity contribution in [3.8, 4) is 0 Å². The van der Waals surface area contributed by atoms with Gasteiger partial charge in [-0.25, -0.2) is 9.36 Å². The molecule has 116 valence electrons. The van der Waals surface area contributed by atoms with Gasteiger partial charge in [-0.1, -0.05) is 0 Å². The first-order valence-corrected chi connectivity index (χ1v) is 5.52. The molecule has 0 fully saturated rings. The maximum absolute atomic E-state index is 10.3. The average molecular weight is 351 g/mol. The predicted octanol–water partition coefficient (Wildman–Crippen LogP) is -2.40. The van der Waals surface area contributed by atoms with Crippen LogP contribution in [0.2, 0.25) is 0 Å². The summed E-state index contributed by atoms with van der Waals surface area (Å²) in [6.07, 6.45) is -2.29. The minimum atomic E-state index is -4.64. The van der Waals surface area contributed by atoms with Crippen LogP contribution in [0, 0.1) is 0 Å². The molecule has 0 spiro atoms. The van der Waals surface area contributed by atoms with Gasteiger partial charge in [0.15, 0.2) is 5.60 Å². The summed E-state index contributed by atoms with van der Waals surface area (Å²) in [5, 5.41) is 33.8. The molecule has 0 radical (unpaired) electrons. The number of carboxylic acid groups (broad SMARTS) is 3. The number of aliphatic hydroxyl groups is 1. The second-order valence-electron chi connectivity index (χ2n) is 2.99. The van der Waals surface area contributed by atoms with Crippen molar-refractivity contribution in [2.45, 2.75) is 18.4 Å². The van der Waals surface area contributed by atoms with E-state index in [1.54, 1.807) is 0 Å². The number of aliphatic carboxylic acids is 3. The van der Waals surface area contributed by atoms with Gasteiger partial charge in [0.1, 0.15) is 0 Å². The van der Waals surface area contributed by atoms with E-state index in [0.29, 0.717) is 0 Å². The van der Waals surface area contributed by atoms with E-state index < -0.39 is 44.2 Å². The van der Waals surface area contributed by atoms with Gasteiger partial charge in [-0.05, 0) is 0 Å². The third-order valence-corrected chi connectivity index (χ3v) is 1.29. The van der Waals surface area contributed by atoms with Crippen molar-refractivity contribution in [2.75, 3.05) is 0 Å². The van der Waals surface area contributed by atoms with Gasteiger partial charge >= 0.3 is 55.3 Å². The number of hydrogen-bond acceptors (Lipinski definition) is 5. The first-order valence-electron chi connectivity index (χ1n) is 3.95. The molecule has 0 rings (SSSR count). The van der Waals surface area contributed by atoms with Crippen molar-refractivity contribution in [1.82, 2.24) is 0 Å². The van der Waals surface area contributed by atoms with Crippen LogP contribution in [0.5, 0.6) is 0 Å². The van der Waals surface area contributed by atoms with Crippen LogP contribution in [0.3, 0.4) is 0 Å². The van der Waals surface area contributed by atoms with Gasteiger partial charge in [0.2, 0.25) is 0 Å². The third-order valence-electron chi connectivity index (χ3n) is 1.29. The molecule has 0 aromatic carbocycles. The van der Waals surface area contributed by atoms with Gasteiger partial charge in [-0.3, -0.25) is 9.59 Å². The molecular weight excluding hydrogens is 337 g/mol. The van der Waals surface area contributed by atoms with E-state index in [1.165, 1.54) is 0 Å². The van der Waals surface area contributed by atoms with Crippen LogP contribution in [-0.4, -0.2) is 88.2 Å². The van der Waals surface area contributed by atoms with Crippen LogP contribution in [0.1, 0.15) is 12.8 Å². The number of phosphoric acid groups is 1. The second kappa shape index (κ2) is 11.4. The summed E-state index contributed by atoms with van der Waals surface area (Å²) in [6, 6.07) is 0. The molecule has 0 aromatic rings. The van der Waals surface area contributed by atoms with Crippen LogP contribution in [0.4, 0.5) is 0 Å². The standard InChI is InChI=1S/C6H8O7.ClH.Na.H3O4P.H/c7-3(8)1-6(13,5(11)12)2-4(9)10;;;1-5(2,3)4;/h13H,1-2H2,(H,7,8)(H,9,10)(H,11,12);1H;;(H3,1,2,3,4);. The summed E-state index contributed by atoms with van der Waals surface area (Å²) in [5.74, 6) is -5.02. The molecule has 11 nitrogen and oxygen atoms in total. The number of rotatable bonds is 5. The zero-order valence-corrected chi connectivity index (χ0v) is 10.7. The Balaban J connectivity index is -0.000000158. The van der Waals surface area contributed by atoms with Crippen molar-refractivity contribution >= 4 is 67.7 Å². The van der Waals surface area contributed by atoms with Gasteiger partial charge < -0.3 is 35.1 Å². The molecular formula is C6H13ClNaO11P. The Hall–Kier alpha value is -0.230. The molecule has 0 bridgehead atoms. The SMILES string of the molecule is Cl.O=C(O)CC(O)(CC(=O)O)C(=O)O.O=P(O)(O)O.[NaH]. The maximum atomic E-state index is 10.3. The fourth-order valence-electron chi connectivity index (χ4n) is 0.714. The first-order chi connectivity index (χ1) is 7.78. The third kappa shape index (κ3) is 20.1. The van der Waals surface area contributed by atoms with Gasteiger partial charge in [-0.15, -0.1) is 12.4 Å². The van der Waals surface area contributed by atoms with Crippen molar-refractivity contribution in [1.29, 1.82) is 0 Å². The molecule has 0 saturated heterocycles.